The van der Waals surface area contributed by atoms with Crippen LogP contribution in [0.5, 0.6) is 11.5 Å². The molecule has 0 bridgehead atoms. The van der Waals surface area contributed by atoms with Crippen LogP contribution in [0, 0.1) is 0 Å². The summed E-state index contributed by atoms with van der Waals surface area (Å²) in [6.45, 7) is 0.214. The number of nitrogens with zero attached hydrogens (tertiary/aromatic N) is 2. The Morgan fingerprint density at radius 3 is 2.74 bits per heavy atom. The maximum Gasteiger partial charge on any atom is 0.271 e. The minimum atomic E-state index is -0.290. The van der Waals surface area contributed by atoms with Gasteiger partial charge < -0.3 is 9.47 Å². The average Bonchev–Trinajstić information content (AvgIpc) is 3.47. The van der Waals surface area contributed by atoms with Gasteiger partial charge in [0.05, 0.1) is 16.3 Å². The smallest absolute Gasteiger partial charge is 0.271 e. The summed E-state index contributed by atoms with van der Waals surface area (Å²) in [7, 11) is 0. The van der Waals surface area contributed by atoms with Crippen LogP contribution in [-0.2, 0) is 6.42 Å². The van der Waals surface area contributed by atoms with E-state index in [-0.39, 0.29) is 18.4 Å². The Kier molecular flexibility index (Phi) is 4.72. The summed E-state index contributed by atoms with van der Waals surface area (Å²) >= 11 is 8.10. The molecule has 3 aromatic carbocycles. The van der Waals surface area contributed by atoms with Crippen LogP contribution in [0.2, 0.25) is 5.02 Å². The molecule has 5 nitrogen and oxygen atoms in total. The molecule has 7 rings (SSSR count). The third-order valence-electron chi connectivity index (χ3n) is 6.77. The largest absolute Gasteiger partial charge is 0.454 e. The first-order valence-electron chi connectivity index (χ1n) is 11.4. The van der Waals surface area contributed by atoms with Crippen molar-refractivity contribution in [2.45, 2.75) is 18.9 Å². The fraction of sp³-hybridized carbons (Fsp3) is 0.143. The number of thiazole rings is 1. The maximum atomic E-state index is 13.8. The first-order chi connectivity index (χ1) is 17.2. The van der Waals surface area contributed by atoms with Gasteiger partial charge in [0, 0.05) is 10.6 Å². The van der Waals surface area contributed by atoms with Crippen LogP contribution in [0.25, 0.3) is 11.8 Å². The minimum absolute atomic E-state index is 0.0678. The number of halogens is 1. The van der Waals surface area contributed by atoms with Gasteiger partial charge in [0.2, 0.25) is 6.79 Å². The molecule has 2 aliphatic heterocycles. The first-order valence-corrected chi connectivity index (χ1v) is 12.6. The monoisotopic (exact) mass is 498 g/mol. The number of allylic oxidation sites excluding steroid dienone is 1. The van der Waals surface area contributed by atoms with Crippen LogP contribution in [-0.4, -0.2) is 11.4 Å². The van der Waals surface area contributed by atoms with Crippen LogP contribution in [0.15, 0.2) is 82.1 Å². The van der Waals surface area contributed by atoms with Gasteiger partial charge in [0.1, 0.15) is 0 Å². The lowest BCUT2D eigenvalue weighted by Gasteiger charge is -2.31. The topological polar surface area (TPSA) is 52.8 Å². The normalized spacial score (nSPS) is 18.1. The molecule has 0 N–H and O–H groups in total. The second kappa shape index (κ2) is 7.97. The molecule has 3 aliphatic rings. The molecule has 0 spiro atoms. The van der Waals surface area contributed by atoms with Crippen LogP contribution < -0.4 is 24.4 Å². The van der Waals surface area contributed by atoms with E-state index in [2.05, 4.69) is 18.2 Å². The number of rotatable bonds is 2. The van der Waals surface area contributed by atoms with Gasteiger partial charge >= 0.3 is 0 Å². The highest BCUT2D eigenvalue weighted by Crippen LogP contribution is 2.42. The van der Waals surface area contributed by atoms with Gasteiger partial charge in [0.25, 0.3) is 5.56 Å². The molecular weight excluding hydrogens is 480 g/mol. The van der Waals surface area contributed by atoms with Crippen molar-refractivity contribution in [1.29, 1.82) is 0 Å². The van der Waals surface area contributed by atoms with E-state index in [1.54, 1.807) is 0 Å². The van der Waals surface area contributed by atoms with Crippen molar-refractivity contribution in [2.24, 2.45) is 4.99 Å². The van der Waals surface area contributed by atoms with E-state index in [9.17, 15) is 4.79 Å². The van der Waals surface area contributed by atoms with Gasteiger partial charge in [-0.1, -0.05) is 71.5 Å². The molecule has 7 heteroatoms. The Hall–Kier alpha value is -3.61. The van der Waals surface area contributed by atoms with Crippen LogP contribution >= 0.6 is 22.9 Å². The summed E-state index contributed by atoms with van der Waals surface area (Å²) in [6.07, 6.45) is 3.64. The van der Waals surface area contributed by atoms with Crippen molar-refractivity contribution < 1.29 is 9.47 Å². The lowest BCUT2D eigenvalue weighted by atomic mass is 9.83. The van der Waals surface area contributed by atoms with Crippen molar-refractivity contribution in [3.8, 4) is 11.5 Å². The zero-order chi connectivity index (χ0) is 23.5. The molecular formula is C28H19ClN2O3S. The maximum absolute atomic E-state index is 13.8. The summed E-state index contributed by atoms with van der Waals surface area (Å²) in [4.78, 5) is 19.6. The van der Waals surface area contributed by atoms with E-state index in [4.69, 9.17) is 26.1 Å². The lowest BCUT2D eigenvalue weighted by Crippen LogP contribution is -2.38. The Balaban J connectivity index is 1.48. The van der Waals surface area contributed by atoms with E-state index in [1.807, 2.05) is 59.2 Å². The van der Waals surface area contributed by atoms with E-state index < -0.39 is 0 Å². The predicted molar refractivity (Wildman–Crippen MR) is 137 cm³/mol. The van der Waals surface area contributed by atoms with Crippen molar-refractivity contribution >= 4 is 34.7 Å². The summed E-state index contributed by atoms with van der Waals surface area (Å²) in [5.74, 6) is 1.40. The van der Waals surface area contributed by atoms with Crippen molar-refractivity contribution in [3.63, 3.8) is 0 Å². The Morgan fingerprint density at radius 1 is 1.00 bits per heavy atom. The summed E-state index contributed by atoms with van der Waals surface area (Å²) in [5, 5.41) is 0.649. The number of ether oxygens (including phenoxy) is 2. The number of hydrogen-bond donors (Lipinski definition) is 0. The third kappa shape index (κ3) is 3.28. The Labute approximate surface area is 209 Å². The fourth-order valence-corrected chi connectivity index (χ4v) is 6.39. The second-order valence-corrected chi connectivity index (χ2v) is 10.2. The SMILES string of the molecule is O=c1/c(=C\c2ccc3c(c2)OCO3)sc2n1C(c1ccccc1Cl)C1=C(N=2)c2ccccc2CC1. The van der Waals surface area contributed by atoms with Gasteiger partial charge in [-0.2, -0.15) is 0 Å². The molecule has 0 saturated carbocycles. The van der Waals surface area contributed by atoms with Gasteiger partial charge in [-0.15, -0.1) is 0 Å². The van der Waals surface area contributed by atoms with Crippen LogP contribution in [0.1, 0.15) is 34.7 Å². The van der Waals surface area contributed by atoms with Crippen molar-refractivity contribution in [3.05, 3.63) is 119 Å². The molecule has 1 unspecified atom stereocenters. The number of fused-ring (bicyclic) bond motifs is 4. The van der Waals surface area contributed by atoms with Gasteiger partial charge in [-0.25, -0.2) is 4.99 Å². The molecule has 1 aliphatic carbocycles. The van der Waals surface area contributed by atoms with Gasteiger partial charge in [-0.05, 0) is 59.4 Å². The molecule has 0 fully saturated rings. The Morgan fingerprint density at radius 2 is 1.83 bits per heavy atom. The third-order valence-corrected chi connectivity index (χ3v) is 8.09. The van der Waals surface area contributed by atoms with E-state index in [0.717, 1.165) is 40.8 Å². The van der Waals surface area contributed by atoms with Gasteiger partial charge in [0.15, 0.2) is 16.3 Å². The first kappa shape index (κ1) is 20.7. The molecule has 0 amide bonds. The summed E-state index contributed by atoms with van der Waals surface area (Å²) in [6, 6.07) is 21.6. The van der Waals surface area contributed by atoms with E-state index in [1.165, 1.54) is 16.9 Å². The molecule has 1 atom stereocenters. The van der Waals surface area contributed by atoms with Crippen LogP contribution in [0.3, 0.4) is 0 Å². The molecule has 35 heavy (non-hydrogen) atoms. The van der Waals surface area contributed by atoms with Crippen molar-refractivity contribution in [2.75, 3.05) is 6.79 Å². The van der Waals surface area contributed by atoms with E-state index >= 15 is 0 Å². The number of benzene rings is 3. The predicted octanol–water partition coefficient (Wildman–Crippen LogP) is 4.70. The van der Waals surface area contributed by atoms with Gasteiger partial charge in [-0.3, -0.25) is 9.36 Å². The summed E-state index contributed by atoms with van der Waals surface area (Å²) in [5.41, 5.74) is 6.26. The highest BCUT2D eigenvalue weighted by molar-refractivity contribution is 7.07. The highest BCUT2D eigenvalue weighted by Gasteiger charge is 2.33. The van der Waals surface area contributed by atoms with Crippen molar-refractivity contribution in [1.82, 2.24) is 4.57 Å². The standard InChI is InChI=1S/C28H19ClN2O3S/c29-21-8-4-3-7-19(21)26-20-11-10-17-5-1-2-6-18(17)25(20)30-28-31(26)27(32)24(35-28)14-16-9-12-22-23(13-16)34-15-33-22/h1-9,12-14,26H,10-11,15H2/b24-14+. The number of aryl methyl sites for hydroxylation is 1. The Bertz CT molecular complexity index is 1730. The van der Waals surface area contributed by atoms with Crippen LogP contribution in [0.4, 0.5) is 0 Å². The quantitative estimate of drug-likeness (QED) is 0.402. The lowest BCUT2D eigenvalue weighted by molar-refractivity contribution is 0.174. The number of hydrogen-bond acceptors (Lipinski definition) is 5. The molecule has 3 heterocycles. The zero-order valence-electron chi connectivity index (χ0n) is 18.5. The molecule has 4 aromatic rings. The molecule has 0 radical (unpaired) electrons. The average molecular weight is 499 g/mol. The minimum Gasteiger partial charge on any atom is -0.454 e. The molecule has 1 aromatic heterocycles. The fourth-order valence-electron chi connectivity index (χ4n) is 5.15. The second-order valence-electron chi connectivity index (χ2n) is 8.75. The zero-order valence-corrected chi connectivity index (χ0v) is 20.1. The highest BCUT2D eigenvalue weighted by atomic mass is 35.5. The summed E-state index contributed by atoms with van der Waals surface area (Å²) < 4.78 is 13.4. The van der Waals surface area contributed by atoms with E-state index in [0.29, 0.717) is 25.9 Å². The number of aromatic nitrogens is 1. The molecule has 0 saturated heterocycles. The molecule has 172 valence electrons.